The third-order valence-electron chi connectivity index (χ3n) is 3.50. The summed E-state index contributed by atoms with van der Waals surface area (Å²) in [5, 5.41) is 1.60. The lowest BCUT2D eigenvalue weighted by molar-refractivity contribution is 0.318. The van der Waals surface area contributed by atoms with Gasteiger partial charge < -0.3 is 0 Å². The van der Waals surface area contributed by atoms with Gasteiger partial charge in [0, 0.05) is 5.39 Å². The average molecular weight is 408 g/mol. The summed E-state index contributed by atoms with van der Waals surface area (Å²) < 4.78 is 58.1. The minimum Gasteiger partial charge on any atom is -0.282 e. The van der Waals surface area contributed by atoms with Crippen LogP contribution in [0.25, 0.3) is 10.8 Å². The predicted octanol–water partition coefficient (Wildman–Crippen LogP) is 3.89. The summed E-state index contributed by atoms with van der Waals surface area (Å²) >= 11 is 0. The van der Waals surface area contributed by atoms with Gasteiger partial charge in [-0.15, -0.1) is 0 Å². The van der Waals surface area contributed by atoms with Crippen LogP contribution in [0.2, 0.25) is 0 Å². The zero-order chi connectivity index (χ0) is 19.9. The van der Waals surface area contributed by atoms with Gasteiger partial charge in [-0.2, -0.15) is 16.8 Å². The summed E-state index contributed by atoms with van der Waals surface area (Å²) in [6.45, 7) is 2.09. The van der Waals surface area contributed by atoms with Crippen molar-refractivity contribution < 1.29 is 25.6 Å². The molecule has 0 aliphatic rings. The van der Waals surface area contributed by atoms with Crippen molar-refractivity contribution in [2.75, 3.05) is 6.61 Å². The highest BCUT2D eigenvalue weighted by molar-refractivity contribution is 7.87. The normalized spacial score (nSPS) is 11.6. The van der Waals surface area contributed by atoms with Gasteiger partial charge in [-0.05, 0) is 30.0 Å². The standard InChI is InChI=1S/C13H14O3S.C6H6O3S/c1-2-10-16-17(14,15)13-9-5-7-11-6-3-4-8-12(11)13;7-10(8,9)6-4-2-1-3-5-6/h3-9H,2,10H2,1H3;1-5H,(H,7,8,9). The molecule has 0 radical (unpaired) electrons. The molecule has 3 rings (SSSR count). The molecule has 0 amide bonds. The minimum atomic E-state index is -4.00. The molecule has 0 saturated carbocycles. The average Bonchev–Trinajstić information content (AvgIpc) is 2.66. The van der Waals surface area contributed by atoms with Gasteiger partial charge in [0.25, 0.3) is 20.2 Å². The number of rotatable bonds is 5. The number of fused-ring (bicyclic) bond motifs is 1. The summed E-state index contributed by atoms with van der Waals surface area (Å²) in [6.07, 6.45) is 0.671. The molecule has 0 heterocycles. The Labute approximate surface area is 159 Å². The third-order valence-corrected chi connectivity index (χ3v) is 5.74. The summed E-state index contributed by atoms with van der Waals surface area (Å²) in [4.78, 5) is 0.166. The van der Waals surface area contributed by atoms with E-state index in [1.807, 2.05) is 31.2 Å². The van der Waals surface area contributed by atoms with Crippen LogP contribution in [0, 0.1) is 0 Å². The summed E-state index contributed by atoms with van der Waals surface area (Å²) in [6, 6.07) is 20.0. The summed E-state index contributed by atoms with van der Waals surface area (Å²) in [5.74, 6) is 0. The zero-order valence-corrected chi connectivity index (χ0v) is 16.3. The Balaban J connectivity index is 0.000000223. The van der Waals surface area contributed by atoms with Gasteiger partial charge in [-0.1, -0.05) is 61.5 Å². The predicted molar refractivity (Wildman–Crippen MR) is 104 cm³/mol. The van der Waals surface area contributed by atoms with E-state index in [0.29, 0.717) is 11.8 Å². The van der Waals surface area contributed by atoms with Crippen LogP contribution in [0.5, 0.6) is 0 Å². The van der Waals surface area contributed by atoms with E-state index in [-0.39, 0.29) is 16.4 Å². The van der Waals surface area contributed by atoms with Crippen molar-refractivity contribution in [3.63, 3.8) is 0 Å². The maximum absolute atomic E-state index is 12.0. The first-order chi connectivity index (χ1) is 12.8. The van der Waals surface area contributed by atoms with E-state index in [9.17, 15) is 16.8 Å². The highest BCUT2D eigenvalue weighted by Crippen LogP contribution is 2.24. The topological polar surface area (TPSA) is 97.7 Å². The highest BCUT2D eigenvalue weighted by atomic mass is 32.2. The highest BCUT2D eigenvalue weighted by Gasteiger charge is 2.17. The van der Waals surface area contributed by atoms with Gasteiger partial charge in [0.15, 0.2) is 0 Å². The van der Waals surface area contributed by atoms with Gasteiger partial charge in [0.05, 0.1) is 11.5 Å². The molecule has 0 bridgehead atoms. The Morgan fingerprint density at radius 2 is 1.41 bits per heavy atom. The Morgan fingerprint density at radius 1 is 0.815 bits per heavy atom. The third kappa shape index (κ3) is 5.86. The number of hydrogen-bond donors (Lipinski definition) is 1. The smallest absolute Gasteiger partial charge is 0.282 e. The van der Waals surface area contributed by atoms with E-state index in [1.54, 1.807) is 36.4 Å². The van der Waals surface area contributed by atoms with Crippen molar-refractivity contribution in [2.24, 2.45) is 0 Å². The molecule has 0 saturated heterocycles. The monoisotopic (exact) mass is 408 g/mol. The van der Waals surface area contributed by atoms with Crippen LogP contribution in [0.15, 0.2) is 82.6 Å². The fourth-order valence-corrected chi connectivity index (χ4v) is 3.98. The second-order valence-corrected chi connectivity index (χ2v) is 8.55. The second-order valence-electron chi connectivity index (χ2n) is 5.54. The van der Waals surface area contributed by atoms with E-state index in [1.165, 1.54) is 12.1 Å². The molecule has 0 fully saturated rings. The van der Waals surface area contributed by atoms with E-state index >= 15 is 0 Å². The summed E-state index contributed by atoms with van der Waals surface area (Å²) in [5.41, 5.74) is 0. The molecule has 0 aliphatic heterocycles. The van der Waals surface area contributed by atoms with Crippen LogP contribution in [0.1, 0.15) is 13.3 Å². The lowest BCUT2D eigenvalue weighted by Gasteiger charge is -2.07. The first kappa shape index (κ1) is 21.0. The Hall–Kier alpha value is -2.26. The SMILES string of the molecule is CCCOS(=O)(=O)c1cccc2ccccc12.O=S(=O)(O)c1ccccc1. The molecule has 1 N–H and O–H groups in total. The van der Waals surface area contributed by atoms with Crippen molar-refractivity contribution >= 4 is 31.0 Å². The van der Waals surface area contributed by atoms with E-state index < -0.39 is 20.2 Å². The van der Waals surface area contributed by atoms with E-state index in [2.05, 4.69) is 0 Å². The second kappa shape index (κ2) is 9.09. The lowest BCUT2D eigenvalue weighted by Crippen LogP contribution is -2.07. The van der Waals surface area contributed by atoms with Gasteiger partial charge >= 0.3 is 0 Å². The molecule has 27 heavy (non-hydrogen) atoms. The molecular formula is C19H20O6S2. The largest absolute Gasteiger partial charge is 0.297 e. The fraction of sp³-hybridized carbons (Fsp3) is 0.158. The van der Waals surface area contributed by atoms with Crippen molar-refractivity contribution in [3.8, 4) is 0 Å². The van der Waals surface area contributed by atoms with Crippen LogP contribution in [-0.4, -0.2) is 28.0 Å². The molecule has 0 spiro atoms. The zero-order valence-electron chi connectivity index (χ0n) is 14.6. The van der Waals surface area contributed by atoms with Crippen molar-refractivity contribution in [2.45, 2.75) is 23.1 Å². The van der Waals surface area contributed by atoms with Gasteiger partial charge in [-0.25, -0.2) is 0 Å². The molecule has 0 atom stereocenters. The maximum atomic E-state index is 12.0. The Morgan fingerprint density at radius 3 is 2.00 bits per heavy atom. The quantitative estimate of drug-likeness (QED) is 0.508. The minimum absolute atomic E-state index is 0.0741. The molecule has 0 aliphatic carbocycles. The summed E-state index contributed by atoms with van der Waals surface area (Å²) in [7, 11) is -7.65. The maximum Gasteiger partial charge on any atom is 0.297 e. The first-order valence-corrected chi connectivity index (χ1v) is 11.0. The first-order valence-electron chi connectivity index (χ1n) is 8.15. The lowest BCUT2D eigenvalue weighted by atomic mass is 10.1. The molecule has 0 aromatic heterocycles. The van der Waals surface area contributed by atoms with Crippen LogP contribution < -0.4 is 0 Å². The van der Waals surface area contributed by atoms with E-state index in [0.717, 1.165) is 5.39 Å². The van der Waals surface area contributed by atoms with Gasteiger partial charge in [-0.3, -0.25) is 8.74 Å². The van der Waals surface area contributed by atoms with Crippen LogP contribution in [0.3, 0.4) is 0 Å². The van der Waals surface area contributed by atoms with Gasteiger partial charge in [0.1, 0.15) is 4.90 Å². The van der Waals surface area contributed by atoms with Crippen LogP contribution in [0.4, 0.5) is 0 Å². The number of hydrogen-bond acceptors (Lipinski definition) is 5. The Bertz CT molecular complexity index is 1090. The van der Waals surface area contributed by atoms with Crippen LogP contribution in [-0.2, 0) is 24.4 Å². The van der Waals surface area contributed by atoms with Crippen molar-refractivity contribution in [1.29, 1.82) is 0 Å². The van der Waals surface area contributed by atoms with Gasteiger partial charge in [0.2, 0.25) is 0 Å². The van der Waals surface area contributed by atoms with Crippen molar-refractivity contribution in [1.82, 2.24) is 0 Å². The fourth-order valence-electron chi connectivity index (χ4n) is 2.26. The molecule has 6 nitrogen and oxygen atoms in total. The molecular weight excluding hydrogens is 388 g/mol. The molecule has 0 unspecified atom stereocenters. The molecule has 3 aromatic rings. The van der Waals surface area contributed by atoms with Crippen molar-refractivity contribution in [3.05, 3.63) is 72.8 Å². The van der Waals surface area contributed by atoms with Crippen LogP contribution >= 0.6 is 0 Å². The molecule has 3 aromatic carbocycles. The molecule has 144 valence electrons. The van der Waals surface area contributed by atoms with E-state index in [4.69, 9.17) is 8.74 Å². The number of benzene rings is 3. The molecule has 8 heteroatoms. The Kier molecular flexibility index (Phi) is 7.09.